The van der Waals surface area contributed by atoms with Crippen molar-refractivity contribution in [1.29, 1.82) is 0 Å². The van der Waals surface area contributed by atoms with Crippen molar-refractivity contribution in [1.82, 2.24) is 10.2 Å². The molecule has 0 bridgehead atoms. The minimum Gasteiger partial charge on any atom is -0.314 e. The highest BCUT2D eigenvalue weighted by Crippen LogP contribution is 2.28. The van der Waals surface area contributed by atoms with Gasteiger partial charge >= 0.3 is 0 Å². The molecule has 0 radical (unpaired) electrons. The van der Waals surface area contributed by atoms with Gasteiger partial charge in [-0.2, -0.15) is 0 Å². The highest BCUT2D eigenvalue weighted by molar-refractivity contribution is 5.85. The summed E-state index contributed by atoms with van der Waals surface area (Å²) in [5, 5.41) is 14.2. The first-order valence-corrected chi connectivity index (χ1v) is 6.91. The molecule has 0 aliphatic carbocycles. The minimum atomic E-state index is -0.315. The van der Waals surface area contributed by atoms with E-state index in [2.05, 4.69) is 17.1 Å². The predicted molar refractivity (Wildman–Crippen MR) is 89.7 cm³/mol. The monoisotopic (exact) mass is 335 g/mol. The molecule has 1 heterocycles. The lowest BCUT2D eigenvalue weighted by atomic mass is 9.99. The molecule has 1 aromatic carbocycles. The number of hydrogen-bond acceptors (Lipinski definition) is 4. The molecule has 7 heteroatoms. The molecule has 0 aromatic heterocycles. The van der Waals surface area contributed by atoms with Crippen molar-refractivity contribution in [3.63, 3.8) is 0 Å². The van der Waals surface area contributed by atoms with Gasteiger partial charge in [0, 0.05) is 44.4 Å². The Bertz CT molecular complexity index is 440. The molecule has 1 N–H and O–H groups in total. The smallest absolute Gasteiger partial charge is 0.269 e. The zero-order chi connectivity index (χ0) is 13.7. The summed E-state index contributed by atoms with van der Waals surface area (Å²) in [6.45, 7) is 6.16. The first kappa shape index (κ1) is 20.1. The molecule has 0 unspecified atom stereocenters. The summed E-state index contributed by atoms with van der Waals surface area (Å²) in [6.07, 6.45) is 2.12. The van der Waals surface area contributed by atoms with E-state index in [4.69, 9.17) is 0 Å². The fraction of sp³-hybridized carbons (Fsp3) is 0.571. The van der Waals surface area contributed by atoms with Crippen LogP contribution in [0.2, 0.25) is 0 Å². The Morgan fingerprint density at radius 1 is 1.33 bits per heavy atom. The number of nitrogens with one attached hydrogen (secondary N) is 1. The second-order valence-electron chi connectivity index (χ2n) is 4.94. The van der Waals surface area contributed by atoms with E-state index >= 15 is 0 Å². The summed E-state index contributed by atoms with van der Waals surface area (Å²) in [6, 6.07) is 7.38. The molecule has 0 spiro atoms. The van der Waals surface area contributed by atoms with E-state index in [1.807, 2.05) is 6.07 Å². The summed E-state index contributed by atoms with van der Waals surface area (Å²) in [5.41, 5.74) is 1.26. The quantitative estimate of drug-likeness (QED) is 0.663. The van der Waals surface area contributed by atoms with Crippen molar-refractivity contribution >= 4 is 30.5 Å². The number of hydrogen-bond donors (Lipinski definition) is 1. The Kier molecular flexibility index (Phi) is 9.53. The summed E-state index contributed by atoms with van der Waals surface area (Å²) in [7, 11) is 0. The Balaban J connectivity index is 0.00000200. The number of piperazine rings is 1. The fourth-order valence-corrected chi connectivity index (χ4v) is 2.67. The maximum Gasteiger partial charge on any atom is 0.269 e. The van der Waals surface area contributed by atoms with Crippen LogP contribution in [0.25, 0.3) is 0 Å². The first-order valence-electron chi connectivity index (χ1n) is 6.91. The molecule has 1 aliphatic rings. The lowest BCUT2D eigenvalue weighted by Gasteiger charge is -2.35. The Morgan fingerprint density at radius 2 is 2.00 bits per heavy atom. The number of non-ortho nitro benzene ring substituents is 1. The van der Waals surface area contributed by atoms with Gasteiger partial charge < -0.3 is 5.32 Å². The largest absolute Gasteiger partial charge is 0.314 e. The maximum atomic E-state index is 10.9. The summed E-state index contributed by atoms with van der Waals surface area (Å²) in [4.78, 5) is 13.0. The van der Waals surface area contributed by atoms with Gasteiger partial charge in [-0.3, -0.25) is 15.0 Å². The van der Waals surface area contributed by atoms with Gasteiger partial charge in [-0.25, -0.2) is 0 Å². The topological polar surface area (TPSA) is 58.4 Å². The van der Waals surface area contributed by atoms with E-state index in [9.17, 15) is 10.1 Å². The Morgan fingerprint density at radius 3 is 2.57 bits per heavy atom. The maximum absolute atomic E-state index is 10.9. The van der Waals surface area contributed by atoms with E-state index in [1.54, 1.807) is 18.2 Å². The molecular formula is C14H23Cl2N3O2. The number of benzene rings is 1. The highest BCUT2D eigenvalue weighted by atomic mass is 35.5. The molecule has 1 fully saturated rings. The zero-order valence-corrected chi connectivity index (χ0v) is 13.8. The molecule has 21 heavy (non-hydrogen) atoms. The van der Waals surface area contributed by atoms with E-state index in [0.29, 0.717) is 6.04 Å². The van der Waals surface area contributed by atoms with Crippen molar-refractivity contribution < 1.29 is 4.92 Å². The van der Waals surface area contributed by atoms with Crippen molar-refractivity contribution in [3.8, 4) is 0 Å². The summed E-state index contributed by atoms with van der Waals surface area (Å²) < 4.78 is 0. The average molecular weight is 336 g/mol. The first-order chi connectivity index (χ1) is 9.22. The van der Waals surface area contributed by atoms with Crippen molar-refractivity contribution in [2.24, 2.45) is 0 Å². The fourth-order valence-electron chi connectivity index (χ4n) is 2.67. The standard InChI is InChI=1S/C14H21N3O2.2ClH/c1-2-4-14(16-9-7-15-8-10-16)12-5-3-6-13(11-12)17(18)19;;/h3,5-6,11,14-15H,2,4,7-10H2,1H3;2*1H/t14-;;/m0../s1. The SMILES string of the molecule is CCC[C@@H](c1cccc([N+](=O)[O-])c1)N1CCNCC1.Cl.Cl. The van der Waals surface area contributed by atoms with Gasteiger partial charge in [0.05, 0.1) is 4.92 Å². The Hall–Kier alpha value is -0.880. The van der Waals surface area contributed by atoms with Gasteiger partial charge in [-0.15, -0.1) is 24.8 Å². The van der Waals surface area contributed by atoms with Crippen LogP contribution in [0.5, 0.6) is 0 Å². The van der Waals surface area contributed by atoms with Gasteiger partial charge in [-0.05, 0) is 12.0 Å². The van der Waals surface area contributed by atoms with Crippen LogP contribution in [0.3, 0.4) is 0 Å². The third-order valence-electron chi connectivity index (χ3n) is 3.62. The lowest BCUT2D eigenvalue weighted by molar-refractivity contribution is -0.385. The molecule has 1 aliphatic heterocycles. The third kappa shape index (κ3) is 5.43. The molecule has 1 saturated heterocycles. The van der Waals surface area contributed by atoms with Crippen LogP contribution in [0, 0.1) is 10.1 Å². The zero-order valence-electron chi connectivity index (χ0n) is 12.2. The number of nitro groups is 1. The van der Waals surface area contributed by atoms with Crippen LogP contribution in [-0.2, 0) is 0 Å². The molecule has 5 nitrogen and oxygen atoms in total. The molecule has 1 atom stereocenters. The normalized spacial score (nSPS) is 16.4. The van der Waals surface area contributed by atoms with Crippen LogP contribution >= 0.6 is 24.8 Å². The number of nitro benzene ring substituents is 1. The number of halogens is 2. The van der Waals surface area contributed by atoms with E-state index < -0.39 is 0 Å². The van der Waals surface area contributed by atoms with Crippen LogP contribution < -0.4 is 5.32 Å². The van der Waals surface area contributed by atoms with Crippen LogP contribution in [0.15, 0.2) is 24.3 Å². The lowest BCUT2D eigenvalue weighted by Crippen LogP contribution is -2.45. The third-order valence-corrected chi connectivity index (χ3v) is 3.62. The van der Waals surface area contributed by atoms with Crippen LogP contribution in [0.1, 0.15) is 31.4 Å². The number of nitrogens with zero attached hydrogens (tertiary/aromatic N) is 2. The average Bonchev–Trinajstić information content (AvgIpc) is 2.46. The van der Waals surface area contributed by atoms with Crippen LogP contribution in [0.4, 0.5) is 5.69 Å². The molecule has 120 valence electrons. The van der Waals surface area contributed by atoms with Gasteiger partial charge in [-0.1, -0.05) is 25.5 Å². The van der Waals surface area contributed by atoms with Crippen LogP contribution in [-0.4, -0.2) is 36.0 Å². The molecule has 0 amide bonds. The van der Waals surface area contributed by atoms with E-state index in [0.717, 1.165) is 44.6 Å². The van der Waals surface area contributed by atoms with E-state index in [1.165, 1.54) is 0 Å². The summed E-state index contributed by atoms with van der Waals surface area (Å²) >= 11 is 0. The number of rotatable bonds is 5. The second kappa shape index (κ2) is 9.95. The van der Waals surface area contributed by atoms with Gasteiger partial charge in [0.1, 0.15) is 0 Å². The molecule has 0 saturated carbocycles. The second-order valence-corrected chi connectivity index (χ2v) is 4.94. The Labute approximate surface area is 138 Å². The van der Waals surface area contributed by atoms with Crippen molar-refractivity contribution in [2.75, 3.05) is 26.2 Å². The molecular weight excluding hydrogens is 313 g/mol. The minimum absolute atomic E-state index is 0. The highest BCUT2D eigenvalue weighted by Gasteiger charge is 2.22. The van der Waals surface area contributed by atoms with E-state index in [-0.39, 0.29) is 35.4 Å². The van der Waals surface area contributed by atoms with Gasteiger partial charge in [0.2, 0.25) is 0 Å². The predicted octanol–water partition coefficient (Wildman–Crippen LogP) is 3.18. The van der Waals surface area contributed by atoms with Gasteiger partial charge in [0.25, 0.3) is 5.69 Å². The van der Waals surface area contributed by atoms with Crippen molar-refractivity contribution in [3.05, 3.63) is 39.9 Å². The van der Waals surface area contributed by atoms with Gasteiger partial charge in [0.15, 0.2) is 0 Å². The molecule has 1 aromatic rings. The van der Waals surface area contributed by atoms with Crippen molar-refractivity contribution in [2.45, 2.75) is 25.8 Å². The molecule has 2 rings (SSSR count). The summed E-state index contributed by atoms with van der Waals surface area (Å²) in [5.74, 6) is 0.